The van der Waals surface area contributed by atoms with Gasteiger partial charge >= 0.3 is 0 Å². The summed E-state index contributed by atoms with van der Waals surface area (Å²) in [5.41, 5.74) is 5.14. The van der Waals surface area contributed by atoms with Gasteiger partial charge in [-0.2, -0.15) is 0 Å². The van der Waals surface area contributed by atoms with Crippen LogP contribution in [0.2, 0.25) is 10.0 Å². The lowest BCUT2D eigenvalue weighted by atomic mass is 10.1. The Morgan fingerprint density at radius 1 is 0.923 bits per heavy atom. The van der Waals surface area contributed by atoms with Crippen LogP contribution in [0.1, 0.15) is 22.3 Å². The highest BCUT2D eigenvalue weighted by atomic mass is 35.5. The zero-order chi connectivity index (χ0) is 18.5. The second kappa shape index (κ2) is 8.39. The molecule has 0 saturated carbocycles. The number of rotatable bonds is 5. The summed E-state index contributed by atoms with van der Waals surface area (Å²) in [6.45, 7) is 4.57. The van der Waals surface area contributed by atoms with E-state index in [-0.39, 0.29) is 0 Å². The Morgan fingerprint density at radius 3 is 2.50 bits per heavy atom. The summed E-state index contributed by atoms with van der Waals surface area (Å²) in [6.07, 6.45) is 1.79. The maximum atomic E-state index is 6.16. The van der Waals surface area contributed by atoms with Gasteiger partial charge < -0.3 is 4.74 Å². The van der Waals surface area contributed by atoms with E-state index in [1.54, 1.807) is 6.21 Å². The number of ether oxygens (including phenoxy) is 1. The summed E-state index contributed by atoms with van der Waals surface area (Å²) in [5.74, 6) is 0.725. The van der Waals surface area contributed by atoms with E-state index >= 15 is 0 Å². The lowest BCUT2D eigenvalue weighted by molar-refractivity contribution is 0.306. The van der Waals surface area contributed by atoms with Crippen LogP contribution in [0, 0.1) is 13.8 Å². The molecule has 0 radical (unpaired) electrons. The van der Waals surface area contributed by atoms with Gasteiger partial charge in [0.25, 0.3) is 0 Å². The van der Waals surface area contributed by atoms with Gasteiger partial charge in [0.2, 0.25) is 0 Å². The van der Waals surface area contributed by atoms with Gasteiger partial charge in [0.05, 0.1) is 5.69 Å². The van der Waals surface area contributed by atoms with E-state index in [2.05, 4.69) is 24.9 Å². The molecular weight excluding hydrogens is 365 g/mol. The Hall–Kier alpha value is -2.29. The first-order valence-corrected chi connectivity index (χ1v) is 9.05. The highest BCUT2D eigenvalue weighted by Crippen LogP contribution is 2.25. The van der Waals surface area contributed by atoms with Crippen molar-refractivity contribution in [1.29, 1.82) is 0 Å². The highest BCUT2D eigenvalue weighted by Gasteiger charge is 2.05. The van der Waals surface area contributed by atoms with Crippen LogP contribution in [0.4, 0.5) is 5.69 Å². The monoisotopic (exact) mass is 383 g/mol. The molecule has 0 saturated heterocycles. The molecule has 132 valence electrons. The Bertz CT molecular complexity index is 951. The zero-order valence-electron chi connectivity index (χ0n) is 14.7. The van der Waals surface area contributed by atoms with E-state index in [0.29, 0.717) is 16.7 Å². The van der Waals surface area contributed by atoms with Crippen molar-refractivity contribution in [3.8, 4) is 5.75 Å². The quantitative estimate of drug-likeness (QED) is 0.437. The molecule has 0 unspecified atom stereocenters. The van der Waals surface area contributed by atoms with Crippen LogP contribution >= 0.6 is 23.2 Å². The van der Waals surface area contributed by atoms with Gasteiger partial charge in [0, 0.05) is 21.8 Å². The molecule has 2 nitrogen and oxygen atoms in total. The van der Waals surface area contributed by atoms with Gasteiger partial charge in [-0.3, -0.25) is 4.99 Å². The average molecular weight is 384 g/mol. The molecule has 0 N–H and O–H groups in total. The van der Waals surface area contributed by atoms with Crippen LogP contribution in [0.15, 0.2) is 65.7 Å². The van der Waals surface area contributed by atoms with Crippen LogP contribution in [0.3, 0.4) is 0 Å². The van der Waals surface area contributed by atoms with E-state index in [0.717, 1.165) is 28.1 Å². The molecule has 0 amide bonds. The summed E-state index contributed by atoms with van der Waals surface area (Å²) in [7, 11) is 0. The fourth-order valence-corrected chi connectivity index (χ4v) is 2.95. The molecule has 3 aromatic carbocycles. The van der Waals surface area contributed by atoms with E-state index in [4.69, 9.17) is 27.9 Å². The molecule has 4 heteroatoms. The minimum absolute atomic E-state index is 0.423. The van der Waals surface area contributed by atoms with Gasteiger partial charge in [-0.25, -0.2) is 0 Å². The molecule has 3 aromatic rings. The number of aliphatic imine (C=N–C) groups is 1. The van der Waals surface area contributed by atoms with E-state index in [1.807, 2.05) is 54.6 Å². The molecule has 0 atom stereocenters. The number of aryl methyl sites for hydroxylation is 1. The summed E-state index contributed by atoms with van der Waals surface area (Å²) >= 11 is 12.2. The number of benzene rings is 3. The van der Waals surface area contributed by atoms with Gasteiger partial charge in [0.15, 0.2) is 0 Å². The second-order valence-corrected chi connectivity index (χ2v) is 6.95. The summed E-state index contributed by atoms with van der Waals surface area (Å²) in [6, 6.07) is 19.2. The van der Waals surface area contributed by atoms with Crippen molar-refractivity contribution in [3.63, 3.8) is 0 Å². The molecular formula is C22H19Cl2NO. The van der Waals surface area contributed by atoms with Crippen LogP contribution in [-0.2, 0) is 6.61 Å². The van der Waals surface area contributed by atoms with E-state index in [1.165, 1.54) is 5.56 Å². The largest absolute Gasteiger partial charge is 0.488 e. The Kier molecular flexibility index (Phi) is 5.97. The predicted octanol–water partition coefficient (Wildman–Crippen LogP) is 6.94. The van der Waals surface area contributed by atoms with Crippen LogP contribution in [0.5, 0.6) is 5.75 Å². The first-order chi connectivity index (χ1) is 12.5. The lowest BCUT2D eigenvalue weighted by Crippen LogP contribution is -1.98. The van der Waals surface area contributed by atoms with Gasteiger partial charge in [-0.15, -0.1) is 0 Å². The summed E-state index contributed by atoms with van der Waals surface area (Å²) < 4.78 is 5.97. The maximum absolute atomic E-state index is 6.16. The number of hydrogen-bond acceptors (Lipinski definition) is 2. The fourth-order valence-electron chi connectivity index (χ4n) is 2.55. The van der Waals surface area contributed by atoms with Crippen LogP contribution in [0.25, 0.3) is 0 Å². The predicted molar refractivity (Wildman–Crippen MR) is 110 cm³/mol. The van der Waals surface area contributed by atoms with E-state index < -0.39 is 0 Å². The lowest BCUT2D eigenvalue weighted by Gasteiger charge is -2.10. The highest BCUT2D eigenvalue weighted by molar-refractivity contribution is 6.31. The first kappa shape index (κ1) is 18.5. The molecule has 0 heterocycles. The normalized spacial score (nSPS) is 11.1. The van der Waals surface area contributed by atoms with Gasteiger partial charge in [-0.1, -0.05) is 47.5 Å². The maximum Gasteiger partial charge on any atom is 0.128 e. The topological polar surface area (TPSA) is 21.6 Å². The average Bonchev–Trinajstić information content (AvgIpc) is 2.62. The van der Waals surface area contributed by atoms with Crippen molar-refractivity contribution < 1.29 is 4.74 Å². The molecule has 0 aromatic heterocycles. The standard InChI is InChI=1S/C22H19Cl2NO/c1-15-5-3-8-21(16(15)2)25-13-18-12-20(24)9-10-22(18)26-14-17-6-4-7-19(23)11-17/h3-13H,14H2,1-2H3. The van der Waals surface area contributed by atoms with Crippen LogP contribution < -0.4 is 4.74 Å². The molecule has 0 aliphatic carbocycles. The first-order valence-electron chi connectivity index (χ1n) is 8.30. The smallest absolute Gasteiger partial charge is 0.128 e. The van der Waals surface area contributed by atoms with Gasteiger partial charge in [-0.05, 0) is 66.9 Å². The van der Waals surface area contributed by atoms with Crippen molar-refractivity contribution in [2.75, 3.05) is 0 Å². The molecule has 3 rings (SSSR count). The summed E-state index contributed by atoms with van der Waals surface area (Å²) in [4.78, 5) is 4.62. The molecule has 0 spiro atoms. The Morgan fingerprint density at radius 2 is 1.69 bits per heavy atom. The number of hydrogen-bond donors (Lipinski definition) is 0. The third-order valence-corrected chi connectivity index (χ3v) is 4.64. The third kappa shape index (κ3) is 4.66. The SMILES string of the molecule is Cc1cccc(N=Cc2cc(Cl)ccc2OCc2cccc(Cl)c2)c1C. The minimum atomic E-state index is 0.423. The molecule has 26 heavy (non-hydrogen) atoms. The Labute approximate surface area is 164 Å². The van der Waals surface area contributed by atoms with Crippen LogP contribution in [-0.4, -0.2) is 6.21 Å². The minimum Gasteiger partial charge on any atom is -0.488 e. The van der Waals surface area contributed by atoms with Crippen molar-refractivity contribution in [2.24, 2.45) is 4.99 Å². The summed E-state index contributed by atoms with van der Waals surface area (Å²) in [5, 5.41) is 1.33. The molecule has 0 bridgehead atoms. The van der Waals surface area contributed by atoms with Crippen molar-refractivity contribution in [2.45, 2.75) is 20.5 Å². The fraction of sp³-hybridized carbons (Fsp3) is 0.136. The second-order valence-electron chi connectivity index (χ2n) is 6.08. The number of halogens is 2. The third-order valence-electron chi connectivity index (χ3n) is 4.17. The van der Waals surface area contributed by atoms with Crippen molar-refractivity contribution >= 4 is 35.1 Å². The zero-order valence-corrected chi connectivity index (χ0v) is 16.2. The number of nitrogens with zero attached hydrogens (tertiary/aromatic N) is 1. The van der Waals surface area contributed by atoms with E-state index in [9.17, 15) is 0 Å². The molecule has 0 aliphatic heterocycles. The van der Waals surface area contributed by atoms with Crippen molar-refractivity contribution in [3.05, 3.63) is 93.0 Å². The Balaban J connectivity index is 1.84. The van der Waals surface area contributed by atoms with Crippen molar-refractivity contribution in [1.82, 2.24) is 0 Å². The molecule has 0 aliphatic rings. The molecule has 0 fully saturated rings. The van der Waals surface area contributed by atoms with Gasteiger partial charge in [0.1, 0.15) is 12.4 Å².